The highest BCUT2D eigenvalue weighted by atomic mass is 16.1. The van der Waals surface area contributed by atoms with Crippen LogP contribution in [0.5, 0.6) is 0 Å². The van der Waals surface area contributed by atoms with Gasteiger partial charge in [-0.2, -0.15) is 0 Å². The standard InChI is InChI=1S/C23H22N2O2/c26-21(24-14-13-17-6-2-1-3-7-17)12-11-20-16-19-9-4-8-18-10-5-15-25(22(18)19)23(20)27/h1-4,6-9,11-12,16H,5,10,13-15H2,(H,24,26)/b12-11+. The summed E-state index contributed by atoms with van der Waals surface area (Å²) in [5, 5.41) is 3.92. The smallest absolute Gasteiger partial charge is 0.258 e. The monoisotopic (exact) mass is 358 g/mol. The first-order valence-corrected chi connectivity index (χ1v) is 9.38. The first-order valence-electron chi connectivity index (χ1n) is 9.38. The molecule has 0 spiro atoms. The first-order chi connectivity index (χ1) is 13.2. The van der Waals surface area contributed by atoms with Crippen LogP contribution >= 0.6 is 0 Å². The lowest BCUT2D eigenvalue weighted by Crippen LogP contribution is -2.26. The zero-order valence-corrected chi connectivity index (χ0v) is 15.2. The van der Waals surface area contributed by atoms with Crippen molar-refractivity contribution in [2.45, 2.75) is 25.8 Å². The number of carbonyl (C=O) groups excluding carboxylic acids is 1. The number of pyridine rings is 1. The average Bonchev–Trinajstić information content (AvgIpc) is 2.70. The summed E-state index contributed by atoms with van der Waals surface area (Å²) in [5.41, 5.74) is 3.98. The normalized spacial score (nSPS) is 13.2. The molecule has 4 nitrogen and oxygen atoms in total. The Kier molecular flexibility index (Phi) is 4.88. The number of aromatic nitrogens is 1. The van der Waals surface area contributed by atoms with E-state index >= 15 is 0 Å². The number of para-hydroxylation sites is 1. The molecule has 1 N–H and O–H groups in total. The van der Waals surface area contributed by atoms with Crippen LogP contribution in [0, 0.1) is 0 Å². The fourth-order valence-electron chi connectivity index (χ4n) is 3.70. The molecule has 4 heteroatoms. The van der Waals surface area contributed by atoms with Crippen LogP contribution in [0.25, 0.3) is 17.0 Å². The minimum Gasteiger partial charge on any atom is -0.352 e. The molecule has 0 unspecified atom stereocenters. The molecule has 1 aliphatic heterocycles. The van der Waals surface area contributed by atoms with Crippen LogP contribution in [0.4, 0.5) is 0 Å². The van der Waals surface area contributed by atoms with Gasteiger partial charge in [-0.15, -0.1) is 0 Å². The van der Waals surface area contributed by atoms with Crippen LogP contribution in [0.15, 0.2) is 65.5 Å². The number of amides is 1. The predicted octanol–water partition coefficient (Wildman–Crippen LogP) is 3.32. The minimum absolute atomic E-state index is 0.0250. The van der Waals surface area contributed by atoms with E-state index in [1.165, 1.54) is 17.2 Å². The summed E-state index contributed by atoms with van der Waals surface area (Å²) in [6.45, 7) is 1.30. The van der Waals surface area contributed by atoms with E-state index in [4.69, 9.17) is 0 Å². The van der Waals surface area contributed by atoms with Crippen molar-refractivity contribution >= 4 is 22.9 Å². The van der Waals surface area contributed by atoms with Gasteiger partial charge in [0.1, 0.15) is 0 Å². The van der Waals surface area contributed by atoms with Gasteiger partial charge >= 0.3 is 0 Å². The number of carbonyl (C=O) groups is 1. The van der Waals surface area contributed by atoms with Crippen LogP contribution in [0.1, 0.15) is 23.1 Å². The Hall–Kier alpha value is -3.14. The van der Waals surface area contributed by atoms with Gasteiger partial charge in [-0.05, 0) is 47.9 Å². The van der Waals surface area contributed by atoms with Crippen molar-refractivity contribution in [3.05, 3.63) is 87.7 Å². The average molecular weight is 358 g/mol. The van der Waals surface area contributed by atoms with E-state index in [0.29, 0.717) is 12.1 Å². The summed E-state index contributed by atoms with van der Waals surface area (Å²) in [7, 11) is 0. The highest BCUT2D eigenvalue weighted by molar-refractivity contribution is 5.92. The fraction of sp³-hybridized carbons (Fsp3) is 0.217. The molecule has 136 valence electrons. The van der Waals surface area contributed by atoms with E-state index in [0.717, 1.165) is 36.7 Å². The Morgan fingerprint density at radius 3 is 2.81 bits per heavy atom. The van der Waals surface area contributed by atoms with Gasteiger partial charge in [-0.25, -0.2) is 0 Å². The van der Waals surface area contributed by atoms with Crippen molar-refractivity contribution in [1.82, 2.24) is 9.88 Å². The van der Waals surface area contributed by atoms with Gasteiger partial charge < -0.3 is 9.88 Å². The van der Waals surface area contributed by atoms with Gasteiger partial charge in [0.2, 0.25) is 5.91 Å². The molecule has 0 saturated heterocycles. The molecule has 27 heavy (non-hydrogen) atoms. The fourth-order valence-corrected chi connectivity index (χ4v) is 3.70. The molecular formula is C23H22N2O2. The van der Waals surface area contributed by atoms with E-state index in [9.17, 15) is 9.59 Å². The molecule has 3 aromatic rings. The van der Waals surface area contributed by atoms with Gasteiger partial charge in [0.25, 0.3) is 5.56 Å². The van der Waals surface area contributed by atoms with Crippen LogP contribution in [-0.4, -0.2) is 17.0 Å². The molecule has 0 radical (unpaired) electrons. The van der Waals surface area contributed by atoms with Crippen molar-refractivity contribution in [2.24, 2.45) is 0 Å². The van der Waals surface area contributed by atoms with Gasteiger partial charge in [-0.1, -0.05) is 48.5 Å². The quantitative estimate of drug-likeness (QED) is 0.712. The highest BCUT2D eigenvalue weighted by Gasteiger charge is 2.15. The Bertz CT molecular complexity index is 1060. The number of nitrogens with zero attached hydrogens (tertiary/aromatic N) is 1. The molecule has 0 atom stereocenters. The topological polar surface area (TPSA) is 51.1 Å². The van der Waals surface area contributed by atoms with E-state index < -0.39 is 0 Å². The molecule has 0 saturated carbocycles. The lowest BCUT2D eigenvalue weighted by molar-refractivity contribution is -0.116. The second-order valence-corrected chi connectivity index (χ2v) is 6.87. The minimum atomic E-state index is -0.183. The summed E-state index contributed by atoms with van der Waals surface area (Å²) in [6.07, 6.45) is 5.85. The van der Waals surface area contributed by atoms with Crippen LogP contribution in [-0.2, 0) is 24.2 Å². The Labute approximate surface area is 158 Å². The van der Waals surface area contributed by atoms with Gasteiger partial charge in [-0.3, -0.25) is 9.59 Å². The lowest BCUT2D eigenvalue weighted by Gasteiger charge is -2.19. The zero-order valence-electron chi connectivity index (χ0n) is 15.2. The molecule has 2 heterocycles. The van der Waals surface area contributed by atoms with Gasteiger partial charge in [0.05, 0.1) is 5.52 Å². The van der Waals surface area contributed by atoms with Crippen LogP contribution < -0.4 is 10.9 Å². The maximum atomic E-state index is 12.8. The Morgan fingerprint density at radius 1 is 1.11 bits per heavy atom. The molecule has 1 amide bonds. The van der Waals surface area contributed by atoms with Crippen molar-refractivity contribution in [3.63, 3.8) is 0 Å². The summed E-state index contributed by atoms with van der Waals surface area (Å²) in [5.74, 6) is -0.183. The van der Waals surface area contributed by atoms with Gasteiger partial charge in [0, 0.05) is 24.7 Å². The second kappa shape index (κ2) is 7.62. The second-order valence-electron chi connectivity index (χ2n) is 6.87. The van der Waals surface area contributed by atoms with Crippen molar-refractivity contribution in [3.8, 4) is 0 Å². The maximum Gasteiger partial charge on any atom is 0.258 e. The van der Waals surface area contributed by atoms with E-state index in [-0.39, 0.29) is 11.5 Å². The number of rotatable bonds is 5. The molecule has 2 aromatic carbocycles. The zero-order chi connectivity index (χ0) is 18.6. The van der Waals surface area contributed by atoms with Crippen LogP contribution in [0.2, 0.25) is 0 Å². The van der Waals surface area contributed by atoms with Crippen molar-refractivity contribution in [1.29, 1.82) is 0 Å². The number of hydrogen-bond donors (Lipinski definition) is 1. The van der Waals surface area contributed by atoms with Crippen molar-refractivity contribution in [2.75, 3.05) is 6.54 Å². The highest BCUT2D eigenvalue weighted by Crippen LogP contribution is 2.24. The SMILES string of the molecule is O=C(/C=C/c1cc2cccc3c2n(c1=O)CCC3)NCCc1ccccc1. The summed E-state index contributed by atoms with van der Waals surface area (Å²) >= 11 is 0. The van der Waals surface area contributed by atoms with E-state index in [1.54, 1.807) is 6.08 Å². The molecule has 4 rings (SSSR count). The lowest BCUT2D eigenvalue weighted by atomic mass is 10.00. The Balaban J connectivity index is 1.49. The molecule has 1 aromatic heterocycles. The maximum absolute atomic E-state index is 12.8. The largest absolute Gasteiger partial charge is 0.352 e. The summed E-state index contributed by atoms with van der Waals surface area (Å²) in [4.78, 5) is 24.9. The van der Waals surface area contributed by atoms with Crippen LogP contribution in [0.3, 0.4) is 0 Å². The number of hydrogen-bond acceptors (Lipinski definition) is 2. The first kappa shape index (κ1) is 17.3. The third-order valence-corrected chi connectivity index (χ3v) is 5.02. The van der Waals surface area contributed by atoms with Gasteiger partial charge in [0.15, 0.2) is 0 Å². The third kappa shape index (κ3) is 3.70. The summed E-state index contributed by atoms with van der Waals surface area (Å²) in [6, 6.07) is 18.1. The van der Waals surface area contributed by atoms with E-state index in [2.05, 4.69) is 11.4 Å². The molecule has 0 fully saturated rings. The molecular weight excluding hydrogens is 336 g/mol. The third-order valence-electron chi connectivity index (χ3n) is 5.02. The molecule has 0 aliphatic carbocycles. The summed E-state index contributed by atoms with van der Waals surface area (Å²) < 4.78 is 1.85. The Morgan fingerprint density at radius 2 is 1.96 bits per heavy atom. The molecule has 1 aliphatic rings. The van der Waals surface area contributed by atoms with Crippen molar-refractivity contribution < 1.29 is 4.79 Å². The predicted molar refractivity (Wildman–Crippen MR) is 109 cm³/mol. The van der Waals surface area contributed by atoms with E-state index in [1.807, 2.05) is 53.1 Å². The molecule has 0 bridgehead atoms. The number of aryl methyl sites for hydroxylation is 2. The number of nitrogens with one attached hydrogen (secondary N) is 1. The number of benzene rings is 2.